The molecule has 34 heavy (non-hydrogen) atoms. The number of nitrogens with zero attached hydrogens (tertiary/aromatic N) is 1. The summed E-state index contributed by atoms with van der Waals surface area (Å²) < 4.78 is 0. The molecular weight excluding hydrogens is 434 g/mol. The Morgan fingerprint density at radius 2 is 1.68 bits per heavy atom. The van der Waals surface area contributed by atoms with Crippen LogP contribution in [0.15, 0.2) is 70.8 Å². The quantitative estimate of drug-likeness (QED) is 0.295. The Hall–Kier alpha value is -3.84. The normalized spacial score (nSPS) is 28.6. The highest BCUT2D eigenvalue weighted by Crippen LogP contribution is 2.55. The third-order valence-electron chi connectivity index (χ3n) is 7.79. The second-order valence-electron chi connectivity index (χ2n) is 9.44. The lowest BCUT2D eigenvalue weighted by Crippen LogP contribution is -2.39. The van der Waals surface area contributed by atoms with Crippen molar-refractivity contribution in [1.29, 1.82) is 0 Å². The Morgan fingerprint density at radius 3 is 2.44 bits per heavy atom. The highest BCUT2D eigenvalue weighted by molar-refractivity contribution is 6.24. The number of aromatic hydroxyl groups is 1. The lowest BCUT2D eigenvalue weighted by molar-refractivity contribution is -0.173. The number of imide groups is 1. The van der Waals surface area contributed by atoms with Crippen LogP contribution in [0, 0.1) is 17.8 Å². The molecule has 2 aromatic rings. The van der Waals surface area contributed by atoms with Crippen LogP contribution in [0.3, 0.4) is 0 Å². The fraction of sp³-hybridized carbons (Fsp3) is 0.259. The zero-order valence-corrected chi connectivity index (χ0v) is 18.3. The molecule has 2 N–H and O–H groups in total. The SMILES string of the molecule is CC1=CC(=O)C2=C(C1=O)C(c1ccc(O)c3ccccc13)C1=CCC3C(=O)N(O)C(=O)C3C1C2. The fourth-order valence-electron chi connectivity index (χ4n) is 6.26. The number of phenolic OH excluding ortho intramolecular Hbond substituents is 1. The molecular formula is C27H21NO6. The van der Waals surface area contributed by atoms with Crippen LogP contribution in [0.2, 0.25) is 0 Å². The molecule has 1 fully saturated rings. The number of hydrogen-bond acceptors (Lipinski definition) is 6. The smallest absolute Gasteiger partial charge is 0.257 e. The minimum Gasteiger partial charge on any atom is -0.507 e. The lowest BCUT2D eigenvalue weighted by atomic mass is 9.59. The summed E-state index contributed by atoms with van der Waals surface area (Å²) in [6, 6.07) is 10.6. The van der Waals surface area contributed by atoms with Gasteiger partial charge in [-0.2, -0.15) is 5.06 Å². The molecule has 0 bridgehead atoms. The number of Topliss-reactive ketones (excluding diaryl/α,β-unsaturated/α-hetero) is 1. The molecule has 170 valence electrons. The van der Waals surface area contributed by atoms with Gasteiger partial charge >= 0.3 is 0 Å². The number of phenols is 1. The molecule has 1 saturated heterocycles. The van der Waals surface area contributed by atoms with E-state index in [4.69, 9.17) is 0 Å². The van der Waals surface area contributed by atoms with E-state index < -0.39 is 35.5 Å². The van der Waals surface area contributed by atoms with Crippen molar-refractivity contribution in [3.8, 4) is 5.75 Å². The number of ketones is 2. The zero-order chi connectivity index (χ0) is 23.9. The van der Waals surface area contributed by atoms with Gasteiger partial charge in [-0.1, -0.05) is 42.0 Å². The minimum atomic E-state index is -0.785. The van der Waals surface area contributed by atoms with Crippen LogP contribution < -0.4 is 0 Å². The van der Waals surface area contributed by atoms with Crippen LogP contribution in [0.25, 0.3) is 10.8 Å². The number of rotatable bonds is 1. The summed E-state index contributed by atoms with van der Waals surface area (Å²) in [4.78, 5) is 51.9. The number of amides is 2. The number of carbonyl (C=O) groups is 4. The van der Waals surface area contributed by atoms with Gasteiger partial charge in [-0.3, -0.25) is 24.4 Å². The highest BCUT2D eigenvalue weighted by atomic mass is 16.5. The second-order valence-corrected chi connectivity index (χ2v) is 9.44. The van der Waals surface area contributed by atoms with Crippen LogP contribution in [-0.4, -0.2) is 38.8 Å². The van der Waals surface area contributed by atoms with E-state index in [1.165, 1.54) is 6.08 Å². The molecule has 6 rings (SSSR count). The van der Waals surface area contributed by atoms with Crippen LogP contribution in [0.1, 0.15) is 31.2 Å². The molecule has 7 heteroatoms. The van der Waals surface area contributed by atoms with Gasteiger partial charge in [0.2, 0.25) is 0 Å². The van der Waals surface area contributed by atoms with Crippen molar-refractivity contribution >= 4 is 34.2 Å². The summed E-state index contributed by atoms with van der Waals surface area (Å²) >= 11 is 0. The van der Waals surface area contributed by atoms with Gasteiger partial charge < -0.3 is 5.11 Å². The Kier molecular flexibility index (Phi) is 4.32. The van der Waals surface area contributed by atoms with E-state index in [9.17, 15) is 29.5 Å². The first-order valence-electron chi connectivity index (χ1n) is 11.3. The van der Waals surface area contributed by atoms with Crippen LogP contribution in [0.5, 0.6) is 5.75 Å². The Labute approximate surface area is 194 Å². The lowest BCUT2D eigenvalue weighted by Gasteiger charge is -2.42. The van der Waals surface area contributed by atoms with Crippen molar-refractivity contribution in [2.45, 2.75) is 25.7 Å². The summed E-state index contributed by atoms with van der Waals surface area (Å²) in [5, 5.41) is 22.1. The average Bonchev–Trinajstić information content (AvgIpc) is 3.06. The van der Waals surface area contributed by atoms with E-state index >= 15 is 0 Å². The summed E-state index contributed by atoms with van der Waals surface area (Å²) in [7, 11) is 0. The second kappa shape index (κ2) is 7.08. The van der Waals surface area contributed by atoms with Crippen molar-refractivity contribution in [3.63, 3.8) is 0 Å². The van der Waals surface area contributed by atoms with Gasteiger partial charge in [0, 0.05) is 28.0 Å². The number of hydroxylamine groups is 2. The maximum Gasteiger partial charge on any atom is 0.257 e. The molecule has 0 spiro atoms. The summed E-state index contributed by atoms with van der Waals surface area (Å²) in [5.74, 6) is -4.22. The standard InChI is InChI=1S/C27H21NO6/c1-12-10-21(30)19-11-18-16(6-7-17-23(18)27(33)28(34)26(17)32)22(24(19)25(12)31)15-8-9-20(29)14-5-3-2-4-13(14)15/h2-6,8-10,17-18,22-23,29,34H,7,11H2,1H3. The van der Waals surface area contributed by atoms with E-state index in [0.29, 0.717) is 22.1 Å². The predicted molar refractivity (Wildman–Crippen MR) is 121 cm³/mol. The van der Waals surface area contributed by atoms with E-state index in [1.54, 1.807) is 25.1 Å². The molecule has 4 unspecified atom stereocenters. The first-order valence-corrected chi connectivity index (χ1v) is 11.3. The molecule has 1 aliphatic heterocycles. The molecule has 0 aromatic heterocycles. The van der Waals surface area contributed by atoms with Gasteiger partial charge in [0.1, 0.15) is 5.75 Å². The molecule has 1 heterocycles. The van der Waals surface area contributed by atoms with E-state index in [-0.39, 0.29) is 35.2 Å². The molecule has 2 aromatic carbocycles. The molecule has 0 radical (unpaired) electrons. The van der Waals surface area contributed by atoms with E-state index in [1.807, 2.05) is 24.3 Å². The summed E-state index contributed by atoms with van der Waals surface area (Å²) in [6.45, 7) is 1.62. The first-order chi connectivity index (χ1) is 16.3. The van der Waals surface area contributed by atoms with Crippen molar-refractivity contribution in [3.05, 3.63) is 76.4 Å². The van der Waals surface area contributed by atoms with Gasteiger partial charge in [-0.05, 0) is 48.8 Å². The third-order valence-corrected chi connectivity index (χ3v) is 7.79. The molecule has 2 amide bonds. The monoisotopic (exact) mass is 455 g/mol. The third kappa shape index (κ3) is 2.61. The van der Waals surface area contributed by atoms with Crippen molar-refractivity contribution in [1.82, 2.24) is 5.06 Å². The van der Waals surface area contributed by atoms with Gasteiger partial charge in [-0.15, -0.1) is 0 Å². The van der Waals surface area contributed by atoms with Crippen LogP contribution in [-0.2, 0) is 19.2 Å². The largest absolute Gasteiger partial charge is 0.507 e. The predicted octanol–water partition coefficient (Wildman–Crippen LogP) is 3.36. The molecule has 7 nitrogen and oxygen atoms in total. The topological polar surface area (TPSA) is 112 Å². The van der Waals surface area contributed by atoms with E-state index in [0.717, 1.165) is 16.5 Å². The van der Waals surface area contributed by atoms with E-state index in [2.05, 4.69) is 0 Å². The van der Waals surface area contributed by atoms with Gasteiger partial charge in [0.25, 0.3) is 11.8 Å². The van der Waals surface area contributed by atoms with Crippen molar-refractivity contribution < 1.29 is 29.5 Å². The maximum absolute atomic E-state index is 13.4. The Balaban J connectivity index is 1.63. The van der Waals surface area contributed by atoms with Crippen molar-refractivity contribution in [2.75, 3.05) is 0 Å². The molecule has 4 aliphatic rings. The number of hydrogen-bond donors (Lipinski definition) is 2. The number of carbonyl (C=O) groups excluding carboxylic acids is 4. The first kappa shape index (κ1) is 20.7. The van der Waals surface area contributed by atoms with Crippen molar-refractivity contribution in [2.24, 2.45) is 17.8 Å². The Bertz CT molecular complexity index is 1440. The molecule has 4 atom stereocenters. The Morgan fingerprint density at radius 1 is 0.941 bits per heavy atom. The van der Waals surface area contributed by atoms with Crippen LogP contribution >= 0.6 is 0 Å². The van der Waals surface area contributed by atoms with Gasteiger partial charge in [-0.25, -0.2) is 0 Å². The fourth-order valence-corrected chi connectivity index (χ4v) is 6.26. The average molecular weight is 455 g/mol. The summed E-state index contributed by atoms with van der Waals surface area (Å²) in [6.07, 6.45) is 3.67. The minimum absolute atomic E-state index is 0.105. The summed E-state index contributed by atoms with van der Waals surface area (Å²) in [5.41, 5.74) is 2.68. The highest BCUT2D eigenvalue weighted by Gasteiger charge is 2.56. The molecule has 3 aliphatic carbocycles. The maximum atomic E-state index is 13.4. The number of fused-ring (bicyclic) bond motifs is 4. The van der Waals surface area contributed by atoms with Gasteiger partial charge in [0.05, 0.1) is 11.8 Å². The number of benzene rings is 2. The zero-order valence-electron chi connectivity index (χ0n) is 18.3. The van der Waals surface area contributed by atoms with Crippen LogP contribution in [0.4, 0.5) is 0 Å². The van der Waals surface area contributed by atoms with Gasteiger partial charge in [0.15, 0.2) is 11.6 Å². The number of allylic oxidation sites excluding steroid dienone is 6. The molecule has 0 saturated carbocycles.